The van der Waals surface area contributed by atoms with E-state index in [1.54, 1.807) is 0 Å². The Morgan fingerprint density at radius 3 is 3.18 bits per heavy atom. The molecule has 0 spiro atoms. The highest BCUT2D eigenvalue weighted by Crippen LogP contribution is 2.11. The summed E-state index contributed by atoms with van der Waals surface area (Å²) in [6.45, 7) is 3.66. The standard InChI is InChI=1S/C9H15NO/c1-2-5-8-6-3-4-7-9(11)10-8/h2,8H,1,3-7H2,(H,10,11)/t8-/m1/s1. The Morgan fingerprint density at radius 2 is 2.45 bits per heavy atom. The zero-order valence-corrected chi connectivity index (χ0v) is 6.81. The van der Waals surface area contributed by atoms with E-state index in [0.717, 1.165) is 25.7 Å². The number of carbonyl (C=O) groups excluding carboxylic acids is 1. The third kappa shape index (κ3) is 2.74. The maximum atomic E-state index is 11.0. The van der Waals surface area contributed by atoms with Gasteiger partial charge in [-0.15, -0.1) is 6.58 Å². The first-order chi connectivity index (χ1) is 5.33. The molecule has 0 saturated carbocycles. The lowest BCUT2D eigenvalue weighted by Gasteiger charge is -2.12. The number of hydrogen-bond donors (Lipinski definition) is 1. The first kappa shape index (κ1) is 8.31. The van der Waals surface area contributed by atoms with Crippen LogP contribution in [0.1, 0.15) is 32.1 Å². The Balaban J connectivity index is 2.38. The molecule has 2 heteroatoms. The lowest BCUT2D eigenvalue weighted by atomic mass is 10.1. The van der Waals surface area contributed by atoms with Gasteiger partial charge in [0, 0.05) is 12.5 Å². The molecule has 0 unspecified atom stereocenters. The first-order valence-corrected chi connectivity index (χ1v) is 4.23. The van der Waals surface area contributed by atoms with E-state index in [2.05, 4.69) is 11.9 Å². The third-order valence-corrected chi connectivity index (χ3v) is 2.02. The second-order valence-electron chi connectivity index (χ2n) is 3.03. The van der Waals surface area contributed by atoms with Crippen LogP contribution in [0.2, 0.25) is 0 Å². The fraction of sp³-hybridized carbons (Fsp3) is 0.667. The van der Waals surface area contributed by atoms with Crippen LogP contribution in [-0.2, 0) is 4.79 Å². The molecular weight excluding hydrogens is 138 g/mol. The van der Waals surface area contributed by atoms with Crippen LogP contribution in [0.25, 0.3) is 0 Å². The predicted octanol–water partition coefficient (Wildman–Crippen LogP) is 1.62. The summed E-state index contributed by atoms with van der Waals surface area (Å²) >= 11 is 0. The molecule has 0 aromatic carbocycles. The normalized spacial score (nSPS) is 25.5. The minimum atomic E-state index is 0.203. The number of amides is 1. The highest BCUT2D eigenvalue weighted by molar-refractivity contribution is 5.76. The minimum absolute atomic E-state index is 0.203. The van der Waals surface area contributed by atoms with Crippen molar-refractivity contribution in [3.8, 4) is 0 Å². The van der Waals surface area contributed by atoms with Crippen molar-refractivity contribution in [2.45, 2.75) is 38.1 Å². The summed E-state index contributed by atoms with van der Waals surface area (Å²) in [5.74, 6) is 0.203. The summed E-state index contributed by atoms with van der Waals surface area (Å²) < 4.78 is 0. The fourth-order valence-electron chi connectivity index (χ4n) is 1.43. The largest absolute Gasteiger partial charge is 0.353 e. The second kappa shape index (κ2) is 4.16. The van der Waals surface area contributed by atoms with Crippen molar-refractivity contribution in [2.75, 3.05) is 0 Å². The summed E-state index contributed by atoms with van der Waals surface area (Å²) in [4.78, 5) is 11.0. The van der Waals surface area contributed by atoms with Crippen LogP contribution in [0, 0.1) is 0 Å². The number of carbonyl (C=O) groups is 1. The lowest BCUT2D eigenvalue weighted by molar-refractivity contribution is -0.121. The van der Waals surface area contributed by atoms with Crippen LogP contribution in [0.4, 0.5) is 0 Å². The zero-order valence-electron chi connectivity index (χ0n) is 6.81. The molecule has 0 aromatic rings. The van der Waals surface area contributed by atoms with Gasteiger partial charge < -0.3 is 5.32 Å². The van der Waals surface area contributed by atoms with Gasteiger partial charge in [-0.05, 0) is 19.3 Å². The van der Waals surface area contributed by atoms with E-state index in [4.69, 9.17) is 0 Å². The van der Waals surface area contributed by atoms with Crippen LogP contribution >= 0.6 is 0 Å². The van der Waals surface area contributed by atoms with E-state index in [1.165, 1.54) is 0 Å². The van der Waals surface area contributed by atoms with E-state index in [9.17, 15) is 4.79 Å². The van der Waals surface area contributed by atoms with Crippen molar-refractivity contribution < 1.29 is 4.79 Å². The van der Waals surface area contributed by atoms with Gasteiger partial charge in [0.1, 0.15) is 0 Å². The van der Waals surface area contributed by atoms with Gasteiger partial charge in [0.05, 0.1) is 0 Å². The molecule has 0 aromatic heterocycles. The van der Waals surface area contributed by atoms with Crippen molar-refractivity contribution in [2.24, 2.45) is 0 Å². The quantitative estimate of drug-likeness (QED) is 0.600. The maximum absolute atomic E-state index is 11.0. The van der Waals surface area contributed by atoms with Crippen LogP contribution in [0.5, 0.6) is 0 Å². The van der Waals surface area contributed by atoms with Gasteiger partial charge in [-0.3, -0.25) is 4.79 Å². The SMILES string of the molecule is C=CC[C@@H]1CCCCC(=O)N1. The van der Waals surface area contributed by atoms with Gasteiger partial charge in [0.15, 0.2) is 0 Å². The molecule has 1 aliphatic heterocycles. The van der Waals surface area contributed by atoms with Gasteiger partial charge >= 0.3 is 0 Å². The van der Waals surface area contributed by atoms with Gasteiger partial charge in [0.25, 0.3) is 0 Å². The smallest absolute Gasteiger partial charge is 0.220 e. The molecule has 1 saturated heterocycles. The van der Waals surface area contributed by atoms with Crippen LogP contribution in [0.3, 0.4) is 0 Å². The Bertz CT molecular complexity index is 154. The van der Waals surface area contributed by atoms with E-state index < -0.39 is 0 Å². The Labute approximate surface area is 67.7 Å². The molecule has 11 heavy (non-hydrogen) atoms. The summed E-state index contributed by atoms with van der Waals surface area (Å²) in [5.41, 5.74) is 0. The van der Waals surface area contributed by atoms with E-state index in [1.807, 2.05) is 6.08 Å². The Kier molecular flexibility index (Phi) is 3.14. The van der Waals surface area contributed by atoms with E-state index >= 15 is 0 Å². The number of rotatable bonds is 2. The van der Waals surface area contributed by atoms with Crippen LogP contribution in [-0.4, -0.2) is 11.9 Å². The van der Waals surface area contributed by atoms with Crippen molar-refractivity contribution in [3.05, 3.63) is 12.7 Å². The summed E-state index contributed by atoms with van der Waals surface area (Å²) in [5, 5.41) is 2.97. The molecule has 0 radical (unpaired) electrons. The summed E-state index contributed by atoms with van der Waals surface area (Å²) in [7, 11) is 0. The van der Waals surface area contributed by atoms with Crippen molar-refractivity contribution >= 4 is 5.91 Å². The first-order valence-electron chi connectivity index (χ1n) is 4.23. The molecule has 1 aliphatic rings. The molecule has 1 N–H and O–H groups in total. The van der Waals surface area contributed by atoms with Crippen molar-refractivity contribution in [1.82, 2.24) is 5.32 Å². The third-order valence-electron chi connectivity index (χ3n) is 2.02. The molecule has 1 fully saturated rings. The van der Waals surface area contributed by atoms with Gasteiger partial charge in [-0.25, -0.2) is 0 Å². The van der Waals surface area contributed by atoms with Crippen molar-refractivity contribution in [1.29, 1.82) is 0 Å². The van der Waals surface area contributed by atoms with Gasteiger partial charge in [0.2, 0.25) is 5.91 Å². The number of nitrogens with one attached hydrogen (secondary N) is 1. The highest BCUT2D eigenvalue weighted by atomic mass is 16.1. The average Bonchev–Trinajstić information content (AvgIpc) is 2.15. The Morgan fingerprint density at radius 1 is 1.64 bits per heavy atom. The molecule has 0 aliphatic carbocycles. The topological polar surface area (TPSA) is 29.1 Å². The maximum Gasteiger partial charge on any atom is 0.220 e. The average molecular weight is 153 g/mol. The fourth-order valence-corrected chi connectivity index (χ4v) is 1.43. The van der Waals surface area contributed by atoms with Crippen molar-refractivity contribution in [3.63, 3.8) is 0 Å². The molecule has 0 bridgehead atoms. The lowest BCUT2D eigenvalue weighted by Crippen LogP contribution is -2.32. The minimum Gasteiger partial charge on any atom is -0.353 e. The molecule has 1 atom stereocenters. The molecule has 1 amide bonds. The van der Waals surface area contributed by atoms with Crippen LogP contribution < -0.4 is 5.32 Å². The predicted molar refractivity (Wildman–Crippen MR) is 45.2 cm³/mol. The molecule has 1 rings (SSSR count). The summed E-state index contributed by atoms with van der Waals surface area (Å²) in [6, 6.07) is 0.350. The Hall–Kier alpha value is -0.790. The van der Waals surface area contributed by atoms with Crippen LogP contribution in [0.15, 0.2) is 12.7 Å². The summed E-state index contributed by atoms with van der Waals surface area (Å²) in [6.07, 6.45) is 6.80. The van der Waals surface area contributed by atoms with E-state index in [-0.39, 0.29) is 5.91 Å². The van der Waals surface area contributed by atoms with Gasteiger partial charge in [-0.1, -0.05) is 12.5 Å². The number of hydrogen-bond acceptors (Lipinski definition) is 1. The molecule has 1 heterocycles. The highest BCUT2D eigenvalue weighted by Gasteiger charge is 2.13. The molecular formula is C9H15NO. The van der Waals surface area contributed by atoms with Gasteiger partial charge in [-0.2, -0.15) is 0 Å². The molecule has 62 valence electrons. The monoisotopic (exact) mass is 153 g/mol. The van der Waals surface area contributed by atoms with E-state index in [0.29, 0.717) is 12.5 Å². The zero-order chi connectivity index (χ0) is 8.10. The second-order valence-corrected chi connectivity index (χ2v) is 3.03. The molecule has 2 nitrogen and oxygen atoms in total.